The van der Waals surface area contributed by atoms with Gasteiger partial charge in [0.15, 0.2) is 5.82 Å². The van der Waals surface area contributed by atoms with Gasteiger partial charge in [0.1, 0.15) is 0 Å². The van der Waals surface area contributed by atoms with E-state index in [-0.39, 0.29) is 16.4 Å². The Morgan fingerprint density at radius 1 is 1.07 bits per heavy atom. The van der Waals surface area contributed by atoms with Gasteiger partial charge >= 0.3 is 0 Å². The lowest BCUT2D eigenvalue weighted by Gasteiger charge is -2.08. The van der Waals surface area contributed by atoms with Crippen LogP contribution in [0.1, 0.15) is 0 Å². The first-order valence-electron chi connectivity index (χ1n) is 3.79. The third kappa shape index (κ3) is 1.25. The molecule has 1 aromatic heterocycles. The summed E-state index contributed by atoms with van der Waals surface area (Å²) in [6, 6.07) is 3.97. The number of rotatable bonds is 0. The number of benzene rings is 1. The minimum Gasteiger partial charge on any atom is -0.580 e. The summed E-state index contributed by atoms with van der Waals surface area (Å²) >= 11 is 0. The van der Waals surface area contributed by atoms with Crippen molar-refractivity contribution >= 4 is 24.2 Å². The maximum atomic E-state index is 13.1. The second-order valence-corrected chi connectivity index (χ2v) is 2.81. The van der Waals surface area contributed by atoms with E-state index in [9.17, 15) is 13.2 Å². The van der Waals surface area contributed by atoms with Crippen molar-refractivity contribution in [2.24, 2.45) is 0 Å². The zero-order valence-corrected chi connectivity index (χ0v) is 6.89. The largest absolute Gasteiger partial charge is 0.580 e. The van der Waals surface area contributed by atoms with Gasteiger partial charge in [-0.1, -0.05) is 6.07 Å². The van der Waals surface area contributed by atoms with Crippen LogP contribution < -0.4 is 5.46 Å². The van der Waals surface area contributed by atoms with E-state index < -0.39 is 17.6 Å². The molecule has 0 spiro atoms. The number of hydrogen-bond acceptors (Lipinski definition) is 1. The lowest BCUT2D eigenvalue weighted by molar-refractivity contribution is 0.435. The van der Waals surface area contributed by atoms with Crippen molar-refractivity contribution in [3.8, 4) is 0 Å². The Labute approximate surface area is 79.0 Å². The van der Waals surface area contributed by atoms with Crippen molar-refractivity contribution in [1.29, 1.82) is 0 Å². The van der Waals surface area contributed by atoms with Crippen molar-refractivity contribution in [2.45, 2.75) is 0 Å². The number of pyridine rings is 1. The van der Waals surface area contributed by atoms with Crippen LogP contribution in [0.5, 0.6) is 0 Å². The average Bonchev–Trinajstić information content (AvgIpc) is 2.16. The van der Waals surface area contributed by atoms with Crippen LogP contribution in [0, 0.1) is 17.6 Å². The Morgan fingerprint density at radius 3 is 2.50 bits per heavy atom. The smallest absolute Gasteiger partial charge is 0.252 e. The quantitative estimate of drug-likeness (QED) is 0.455. The normalized spacial score (nSPS) is 10.9. The van der Waals surface area contributed by atoms with E-state index >= 15 is 0 Å². The van der Waals surface area contributed by atoms with E-state index in [0.29, 0.717) is 0 Å². The molecule has 3 radical (unpaired) electrons. The van der Waals surface area contributed by atoms with Gasteiger partial charge in [0.05, 0.1) is 5.52 Å². The first-order valence-corrected chi connectivity index (χ1v) is 3.79. The van der Waals surface area contributed by atoms with Crippen LogP contribution in [0.2, 0.25) is 0 Å². The van der Waals surface area contributed by atoms with Crippen molar-refractivity contribution in [3.05, 3.63) is 35.8 Å². The maximum absolute atomic E-state index is 13.1. The number of fused-ring (bicyclic) bond motifs is 1. The van der Waals surface area contributed by atoms with Crippen LogP contribution in [-0.2, 0) is 0 Å². The van der Waals surface area contributed by atoms with Crippen LogP contribution >= 0.6 is 0 Å². The molecule has 0 saturated carbocycles. The van der Waals surface area contributed by atoms with Crippen molar-refractivity contribution in [1.82, 2.24) is 4.98 Å². The summed E-state index contributed by atoms with van der Waals surface area (Å²) in [4.78, 5) is 3.24. The molecule has 1 nitrogen and oxygen atoms in total. The molecule has 5 heteroatoms. The summed E-state index contributed by atoms with van der Waals surface area (Å²) in [7, 11) is 5.37. The molecule has 0 amide bonds. The van der Waals surface area contributed by atoms with E-state index in [1.807, 2.05) is 0 Å². The van der Waals surface area contributed by atoms with Gasteiger partial charge < -0.3 is 13.3 Å². The standard InChI is InChI=1S/C9H3BF3N/c10-4-1-2-6-5(3-4)7(11)8(12)9(13)14-6/h1-3H/q-1. The molecular weight excluding hydrogens is 190 g/mol. The third-order valence-electron chi connectivity index (χ3n) is 1.85. The van der Waals surface area contributed by atoms with Crippen LogP contribution in [0.3, 0.4) is 0 Å². The summed E-state index contributed by atoms with van der Waals surface area (Å²) in [6.07, 6.45) is 0. The first-order chi connectivity index (χ1) is 6.59. The zero-order chi connectivity index (χ0) is 10.3. The monoisotopic (exact) mass is 193 g/mol. The number of aromatic nitrogens is 1. The third-order valence-corrected chi connectivity index (χ3v) is 1.85. The Balaban J connectivity index is 2.92. The van der Waals surface area contributed by atoms with Gasteiger partial charge in [-0.05, 0) is 6.07 Å². The fourth-order valence-electron chi connectivity index (χ4n) is 1.19. The predicted molar refractivity (Wildman–Crippen MR) is 47.0 cm³/mol. The Hall–Kier alpha value is -1.52. The van der Waals surface area contributed by atoms with E-state index in [0.717, 1.165) is 0 Å². The van der Waals surface area contributed by atoms with E-state index in [2.05, 4.69) is 4.98 Å². The van der Waals surface area contributed by atoms with E-state index in [1.165, 1.54) is 18.2 Å². The van der Waals surface area contributed by atoms with Crippen molar-refractivity contribution in [2.75, 3.05) is 0 Å². The molecular formula is C9H3BF3N-. The predicted octanol–water partition coefficient (Wildman–Crippen LogP) is 1.45. The highest BCUT2D eigenvalue weighted by Gasteiger charge is 2.13. The van der Waals surface area contributed by atoms with Crippen LogP contribution in [0.4, 0.5) is 13.2 Å². The summed E-state index contributed by atoms with van der Waals surface area (Å²) in [5.74, 6) is -4.29. The molecule has 0 aliphatic rings. The van der Waals surface area contributed by atoms with E-state index in [4.69, 9.17) is 7.85 Å². The van der Waals surface area contributed by atoms with Crippen LogP contribution in [0.15, 0.2) is 18.2 Å². The molecule has 1 aromatic carbocycles. The van der Waals surface area contributed by atoms with Crippen molar-refractivity contribution in [3.63, 3.8) is 0 Å². The molecule has 69 valence electrons. The maximum Gasteiger partial charge on any atom is 0.252 e. The van der Waals surface area contributed by atoms with Gasteiger partial charge in [-0.2, -0.15) is 8.78 Å². The highest BCUT2D eigenvalue weighted by atomic mass is 19.2. The molecule has 2 aromatic rings. The van der Waals surface area contributed by atoms with Gasteiger partial charge in [-0.15, -0.1) is 6.07 Å². The second kappa shape index (κ2) is 3.01. The molecule has 0 aliphatic carbocycles. The molecule has 0 unspecified atom stereocenters. The molecule has 2 rings (SSSR count). The fraction of sp³-hybridized carbons (Fsp3) is 0. The Morgan fingerprint density at radius 2 is 1.79 bits per heavy atom. The minimum atomic E-state index is -1.58. The van der Waals surface area contributed by atoms with Crippen molar-refractivity contribution < 1.29 is 13.2 Å². The van der Waals surface area contributed by atoms with Crippen LogP contribution in [0.25, 0.3) is 10.9 Å². The molecule has 0 fully saturated rings. The van der Waals surface area contributed by atoms with Gasteiger partial charge in [-0.3, -0.25) is 0 Å². The molecule has 0 atom stereocenters. The second-order valence-electron chi connectivity index (χ2n) is 2.81. The highest BCUT2D eigenvalue weighted by molar-refractivity contribution is 6.33. The molecule has 14 heavy (non-hydrogen) atoms. The molecule has 0 aliphatic heterocycles. The lowest BCUT2D eigenvalue weighted by atomic mass is 9.94. The number of halogens is 3. The Bertz CT molecular complexity index is 513. The fourth-order valence-corrected chi connectivity index (χ4v) is 1.19. The number of hydrogen-bond donors (Lipinski definition) is 0. The summed E-state index contributed by atoms with van der Waals surface area (Å²) in [6.45, 7) is 0. The summed E-state index contributed by atoms with van der Waals surface area (Å²) in [5, 5.41) is -0.121. The van der Waals surface area contributed by atoms with Gasteiger partial charge in [0.2, 0.25) is 5.82 Å². The molecule has 0 bridgehead atoms. The van der Waals surface area contributed by atoms with Gasteiger partial charge in [-0.25, -0.2) is 9.37 Å². The minimum absolute atomic E-state index is 0.0376. The lowest BCUT2D eigenvalue weighted by Crippen LogP contribution is -2.04. The van der Waals surface area contributed by atoms with E-state index in [1.54, 1.807) is 0 Å². The Kier molecular flexibility index (Phi) is 1.95. The summed E-state index contributed by atoms with van der Waals surface area (Å²) < 4.78 is 38.5. The highest BCUT2D eigenvalue weighted by Crippen LogP contribution is 2.18. The molecule has 1 heterocycles. The summed E-state index contributed by atoms with van der Waals surface area (Å²) in [5.41, 5.74) is 0.305. The molecule has 0 N–H and O–H groups in total. The zero-order valence-electron chi connectivity index (χ0n) is 6.89. The van der Waals surface area contributed by atoms with Gasteiger partial charge in [0, 0.05) is 5.39 Å². The topological polar surface area (TPSA) is 12.9 Å². The number of nitrogens with zero attached hydrogens (tertiary/aromatic N) is 1. The molecule has 0 saturated heterocycles. The van der Waals surface area contributed by atoms with Gasteiger partial charge in [0.25, 0.3) is 5.95 Å². The van der Waals surface area contributed by atoms with Crippen LogP contribution in [-0.4, -0.2) is 12.8 Å². The SMILES string of the molecule is [B-]c1ccc2nc(F)c(F)c(F)c2c1. The average molecular weight is 193 g/mol. The first kappa shape index (κ1) is 9.06.